The molecule has 3 rings (SSSR count). The van der Waals surface area contributed by atoms with Gasteiger partial charge in [-0.2, -0.15) is 5.26 Å². The van der Waals surface area contributed by atoms with E-state index < -0.39 is 26.5 Å². The van der Waals surface area contributed by atoms with E-state index >= 15 is 0 Å². The van der Waals surface area contributed by atoms with Crippen LogP contribution in [-0.2, 0) is 9.84 Å². The molecule has 6 heteroatoms. The van der Waals surface area contributed by atoms with Crippen molar-refractivity contribution in [2.75, 3.05) is 0 Å². The van der Waals surface area contributed by atoms with Crippen molar-refractivity contribution in [3.05, 3.63) is 64.6 Å². The van der Waals surface area contributed by atoms with E-state index in [0.717, 1.165) is 10.0 Å². The number of hydrogen-bond donors (Lipinski definition) is 1. The Morgan fingerprint density at radius 2 is 1.68 bits per heavy atom. The Bertz CT molecular complexity index is 844. The summed E-state index contributed by atoms with van der Waals surface area (Å²) in [6.07, 6.45) is 0. The molecule has 1 fully saturated rings. The van der Waals surface area contributed by atoms with Crippen LogP contribution in [0.3, 0.4) is 0 Å². The van der Waals surface area contributed by atoms with Crippen LogP contribution in [0.1, 0.15) is 11.5 Å². The van der Waals surface area contributed by atoms with E-state index in [-0.39, 0.29) is 4.90 Å². The standard InChI is InChI=1S/C16H13BrN2O2S/c17-12-8-6-11(7-9-12)14-15(16(14,19)10-18)22(20,21)13-4-2-1-3-5-13/h1-9,14-15H,19H2/t14-,15-,16+/m1/s1. The number of sulfone groups is 1. The van der Waals surface area contributed by atoms with E-state index in [4.69, 9.17) is 5.73 Å². The molecule has 1 saturated carbocycles. The van der Waals surface area contributed by atoms with Gasteiger partial charge in [0.25, 0.3) is 0 Å². The van der Waals surface area contributed by atoms with E-state index in [1.54, 1.807) is 30.3 Å². The highest BCUT2D eigenvalue weighted by molar-refractivity contribution is 9.10. The van der Waals surface area contributed by atoms with Gasteiger partial charge in [0.1, 0.15) is 10.8 Å². The van der Waals surface area contributed by atoms with Crippen molar-refractivity contribution in [1.82, 2.24) is 0 Å². The van der Waals surface area contributed by atoms with Crippen molar-refractivity contribution in [1.29, 1.82) is 5.26 Å². The Hall–Kier alpha value is -1.68. The lowest BCUT2D eigenvalue weighted by Crippen LogP contribution is -2.29. The Morgan fingerprint density at radius 1 is 1.09 bits per heavy atom. The molecule has 3 atom stereocenters. The topological polar surface area (TPSA) is 83.9 Å². The second-order valence-corrected chi connectivity index (χ2v) is 8.34. The highest BCUT2D eigenvalue weighted by Gasteiger charge is 2.70. The molecule has 0 aromatic heterocycles. The maximum Gasteiger partial charge on any atom is 0.184 e. The second-order valence-electron chi connectivity index (χ2n) is 5.35. The van der Waals surface area contributed by atoms with Crippen molar-refractivity contribution in [2.24, 2.45) is 5.73 Å². The fourth-order valence-electron chi connectivity index (χ4n) is 2.82. The Kier molecular flexibility index (Phi) is 3.60. The normalized spacial score (nSPS) is 27.1. The quantitative estimate of drug-likeness (QED) is 0.891. The van der Waals surface area contributed by atoms with Crippen LogP contribution in [0.4, 0.5) is 0 Å². The molecule has 22 heavy (non-hydrogen) atoms. The summed E-state index contributed by atoms with van der Waals surface area (Å²) in [5, 5.41) is 8.46. The van der Waals surface area contributed by atoms with Gasteiger partial charge in [-0.05, 0) is 29.8 Å². The molecule has 0 saturated heterocycles. The van der Waals surface area contributed by atoms with Crippen molar-refractivity contribution in [2.45, 2.75) is 21.6 Å². The molecule has 0 amide bonds. The summed E-state index contributed by atoms with van der Waals surface area (Å²) in [7, 11) is -3.65. The molecule has 0 radical (unpaired) electrons. The van der Waals surface area contributed by atoms with Crippen LogP contribution >= 0.6 is 15.9 Å². The van der Waals surface area contributed by atoms with Crippen LogP contribution in [0.15, 0.2) is 64.0 Å². The van der Waals surface area contributed by atoms with Gasteiger partial charge in [-0.1, -0.05) is 46.3 Å². The van der Waals surface area contributed by atoms with Gasteiger partial charge >= 0.3 is 0 Å². The zero-order valence-corrected chi connectivity index (χ0v) is 13.9. The van der Waals surface area contributed by atoms with E-state index in [1.807, 2.05) is 18.2 Å². The smallest absolute Gasteiger partial charge is 0.184 e. The Labute approximate surface area is 137 Å². The van der Waals surface area contributed by atoms with Gasteiger partial charge in [0.2, 0.25) is 0 Å². The van der Waals surface area contributed by atoms with Crippen LogP contribution in [-0.4, -0.2) is 19.2 Å². The van der Waals surface area contributed by atoms with Crippen LogP contribution in [0, 0.1) is 11.3 Å². The predicted molar refractivity (Wildman–Crippen MR) is 86.8 cm³/mol. The van der Waals surface area contributed by atoms with Crippen molar-refractivity contribution < 1.29 is 8.42 Å². The van der Waals surface area contributed by atoms with Gasteiger partial charge in [-0.25, -0.2) is 8.42 Å². The monoisotopic (exact) mass is 376 g/mol. The first-order valence-electron chi connectivity index (χ1n) is 6.66. The highest BCUT2D eigenvalue weighted by Crippen LogP contribution is 2.55. The van der Waals surface area contributed by atoms with Gasteiger partial charge in [-0.3, -0.25) is 0 Å². The molecule has 0 spiro atoms. The summed E-state index contributed by atoms with van der Waals surface area (Å²) in [5.74, 6) is -0.518. The van der Waals surface area contributed by atoms with Crippen LogP contribution in [0.25, 0.3) is 0 Å². The summed E-state index contributed by atoms with van der Waals surface area (Å²) in [6, 6.07) is 17.4. The maximum absolute atomic E-state index is 12.8. The molecule has 112 valence electrons. The summed E-state index contributed by atoms with van der Waals surface area (Å²) >= 11 is 3.34. The summed E-state index contributed by atoms with van der Waals surface area (Å²) in [5.41, 5.74) is 5.45. The van der Waals surface area contributed by atoms with E-state index in [2.05, 4.69) is 15.9 Å². The van der Waals surface area contributed by atoms with E-state index in [9.17, 15) is 13.7 Å². The third-order valence-corrected chi connectivity index (χ3v) is 6.80. The molecule has 2 aromatic carbocycles. The fourth-order valence-corrected chi connectivity index (χ4v) is 5.29. The van der Waals surface area contributed by atoms with Crippen LogP contribution < -0.4 is 5.73 Å². The van der Waals surface area contributed by atoms with Crippen molar-refractivity contribution in [3.8, 4) is 6.07 Å². The molecule has 0 unspecified atom stereocenters. The number of hydrogen-bond acceptors (Lipinski definition) is 4. The number of nitriles is 1. The Balaban J connectivity index is 2.04. The molecular weight excluding hydrogens is 364 g/mol. The first-order chi connectivity index (χ1) is 10.4. The van der Waals surface area contributed by atoms with Gasteiger partial charge < -0.3 is 5.73 Å². The third-order valence-electron chi connectivity index (χ3n) is 4.01. The zero-order valence-electron chi connectivity index (χ0n) is 11.5. The number of nitrogens with zero attached hydrogens (tertiary/aromatic N) is 1. The number of benzene rings is 2. The molecule has 0 heterocycles. The first-order valence-corrected chi connectivity index (χ1v) is 9.00. The molecule has 0 bridgehead atoms. The lowest BCUT2D eigenvalue weighted by atomic mass is 10.1. The van der Waals surface area contributed by atoms with Crippen molar-refractivity contribution >= 4 is 25.8 Å². The summed E-state index contributed by atoms with van der Waals surface area (Å²) in [6.45, 7) is 0. The highest BCUT2D eigenvalue weighted by atomic mass is 79.9. The molecule has 1 aliphatic rings. The second kappa shape index (κ2) is 5.20. The Morgan fingerprint density at radius 3 is 2.23 bits per heavy atom. The molecular formula is C16H13BrN2O2S. The lowest BCUT2D eigenvalue weighted by Gasteiger charge is -2.04. The number of rotatable bonds is 3. The van der Waals surface area contributed by atoms with Gasteiger partial charge in [-0.15, -0.1) is 0 Å². The van der Waals surface area contributed by atoms with Gasteiger partial charge in [0.05, 0.1) is 11.0 Å². The minimum atomic E-state index is -3.65. The van der Waals surface area contributed by atoms with Gasteiger partial charge in [0.15, 0.2) is 9.84 Å². The zero-order chi connectivity index (χ0) is 16.0. The average molecular weight is 377 g/mol. The van der Waals surface area contributed by atoms with Crippen LogP contribution in [0.5, 0.6) is 0 Å². The first kappa shape index (κ1) is 15.2. The molecule has 0 aliphatic heterocycles. The third kappa shape index (κ3) is 2.26. The summed E-state index contributed by atoms with van der Waals surface area (Å²) < 4.78 is 26.4. The minimum Gasteiger partial charge on any atom is -0.312 e. The molecule has 1 aliphatic carbocycles. The molecule has 2 aromatic rings. The molecule has 4 nitrogen and oxygen atoms in total. The van der Waals surface area contributed by atoms with Gasteiger partial charge in [0, 0.05) is 10.4 Å². The maximum atomic E-state index is 12.8. The average Bonchev–Trinajstić information content (AvgIpc) is 3.17. The summed E-state index contributed by atoms with van der Waals surface area (Å²) in [4.78, 5) is 0.199. The van der Waals surface area contributed by atoms with E-state index in [0.29, 0.717) is 0 Å². The van der Waals surface area contributed by atoms with Crippen molar-refractivity contribution in [3.63, 3.8) is 0 Å². The largest absolute Gasteiger partial charge is 0.312 e. The van der Waals surface area contributed by atoms with E-state index in [1.165, 1.54) is 12.1 Å². The number of halogens is 1. The fraction of sp³-hybridized carbons (Fsp3) is 0.188. The molecule has 2 N–H and O–H groups in total. The number of nitrogens with two attached hydrogens (primary N) is 1. The van der Waals surface area contributed by atoms with Crippen LogP contribution in [0.2, 0.25) is 0 Å². The predicted octanol–water partition coefficient (Wildman–Crippen LogP) is 2.61. The SMILES string of the molecule is N#C[C@]1(N)[C@H](c2ccc(Br)cc2)[C@H]1S(=O)(=O)c1ccccc1. The minimum absolute atomic E-state index is 0.199. The lowest BCUT2D eigenvalue weighted by molar-refractivity contribution is 0.592.